The van der Waals surface area contributed by atoms with Gasteiger partial charge in [0.15, 0.2) is 0 Å². The Balaban J connectivity index is 1.76. The number of rotatable bonds is 6. The van der Waals surface area contributed by atoms with E-state index in [1.54, 1.807) is 6.07 Å². The molecule has 0 aromatic heterocycles. The van der Waals surface area contributed by atoms with Crippen LogP contribution in [-0.2, 0) is 13.0 Å². The van der Waals surface area contributed by atoms with Gasteiger partial charge in [0.25, 0.3) is 0 Å². The molecular weight excluding hydrogens is 292 g/mol. The molecule has 1 nitrogen and oxygen atoms in total. The molecule has 1 N–H and O–H groups in total. The number of hydrogen-bond donors (Lipinski definition) is 1. The Hall–Kier alpha value is -1.68. The molecule has 0 aliphatic rings. The van der Waals surface area contributed by atoms with Gasteiger partial charge in [-0.15, -0.1) is 0 Å². The lowest BCUT2D eigenvalue weighted by Crippen LogP contribution is -1.98. The average molecular weight is 313 g/mol. The highest BCUT2D eigenvalue weighted by molar-refractivity contribution is 7.13. The van der Waals surface area contributed by atoms with Crippen molar-refractivity contribution in [3.63, 3.8) is 0 Å². The molecule has 2 rings (SSSR count). The van der Waals surface area contributed by atoms with Gasteiger partial charge in [0.2, 0.25) is 0 Å². The van der Waals surface area contributed by atoms with Crippen LogP contribution in [-0.4, -0.2) is 0 Å². The minimum Gasteiger partial charge on any atom is -0.296 e. The van der Waals surface area contributed by atoms with E-state index in [1.165, 1.54) is 11.6 Å². The van der Waals surface area contributed by atoms with Crippen LogP contribution in [0.15, 0.2) is 48.5 Å². The van der Waals surface area contributed by atoms with Crippen molar-refractivity contribution in [3.05, 3.63) is 71.0 Å². The number of nitrogens with one attached hydrogen (secondary N) is 1. The predicted molar refractivity (Wildman–Crippen MR) is 93.8 cm³/mol. The SMILES string of the molecule is Fc1cc(CNP)ccc1C#CCCCCc1ccccc1. The van der Waals surface area contributed by atoms with Gasteiger partial charge < -0.3 is 0 Å². The number of aryl methyl sites for hydroxylation is 1. The topological polar surface area (TPSA) is 12.0 Å². The Labute approximate surface area is 134 Å². The third-order valence-corrected chi connectivity index (χ3v) is 3.63. The summed E-state index contributed by atoms with van der Waals surface area (Å²) in [5.41, 5.74) is 2.76. The second-order valence-corrected chi connectivity index (χ2v) is 5.60. The van der Waals surface area contributed by atoms with Gasteiger partial charge in [-0.1, -0.05) is 57.6 Å². The summed E-state index contributed by atoms with van der Waals surface area (Å²) in [6.45, 7) is 0.634. The average Bonchev–Trinajstić information content (AvgIpc) is 2.54. The fourth-order valence-corrected chi connectivity index (χ4v) is 2.47. The highest BCUT2D eigenvalue weighted by Gasteiger charge is 2.00. The molecule has 0 aliphatic heterocycles. The summed E-state index contributed by atoms with van der Waals surface area (Å²) in [5, 5.41) is 2.92. The molecule has 0 bridgehead atoms. The summed E-state index contributed by atoms with van der Waals surface area (Å²) in [7, 11) is 2.41. The molecule has 1 atom stereocenters. The van der Waals surface area contributed by atoms with Gasteiger partial charge in [-0.2, -0.15) is 0 Å². The second-order valence-electron chi connectivity index (χ2n) is 5.19. The Morgan fingerprint density at radius 2 is 1.82 bits per heavy atom. The minimum absolute atomic E-state index is 0.241. The molecule has 2 aromatic carbocycles. The molecule has 0 spiro atoms. The van der Waals surface area contributed by atoms with E-state index in [9.17, 15) is 4.39 Å². The summed E-state index contributed by atoms with van der Waals surface area (Å²) < 4.78 is 13.8. The maximum atomic E-state index is 13.8. The lowest BCUT2D eigenvalue weighted by atomic mass is 10.1. The minimum atomic E-state index is -0.241. The van der Waals surface area contributed by atoms with Gasteiger partial charge in [-0.3, -0.25) is 5.09 Å². The molecule has 1 unspecified atom stereocenters. The maximum Gasteiger partial charge on any atom is 0.139 e. The van der Waals surface area contributed by atoms with E-state index in [1.807, 2.05) is 12.1 Å². The maximum absolute atomic E-state index is 13.8. The molecule has 0 aliphatic carbocycles. The molecule has 3 heteroatoms. The van der Waals surface area contributed by atoms with Crippen molar-refractivity contribution in [2.75, 3.05) is 0 Å². The van der Waals surface area contributed by atoms with E-state index in [0.717, 1.165) is 31.2 Å². The fourth-order valence-electron chi connectivity index (χ4n) is 2.23. The number of unbranched alkanes of at least 4 members (excludes halogenated alkanes) is 2. The van der Waals surface area contributed by atoms with E-state index in [4.69, 9.17) is 0 Å². The highest BCUT2D eigenvalue weighted by Crippen LogP contribution is 2.10. The largest absolute Gasteiger partial charge is 0.296 e. The smallest absolute Gasteiger partial charge is 0.139 e. The summed E-state index contributed by atoms with van der Waals surface area (Å²) >= 11 is 0. The van der Waals surface area contributed by atoms with Gasteiger partial charge in [-0.05, 0) is 42.5 Å². The second kappa shape index (κ2) is 9.36. The summed E-state index contributed by atoms with van der Waals surface area (Å²) in [5.74, 6) is 5.76. The third-order valence-electron chi connectivity index (χ3n) is 3.42. The number of benzene rings is 2. The van der Waals surface area contributed by atoms with Crippen molar-refractivity contribution >= 4 is 9.39 Å². The first-order valence-corrected chi connectivity index (χ1v) is 8.12. The summed E-state index contributed by atoms with van der Waals surface area (Å²) in [6, 6.07) is 15.6. The first-order chi connectivity index (χ1) is 10.8. The van der Waals surface area contributed by atoms with Crippen LogP contribution in [0.2, 0.25) is 0 Å². The van der Waals surface area contributed by atoms with Crippen molar-refractivity contribution in [2.45, 2.75) is 32.2 Å². The summed E-state index contributed by atoms with van der Waals surface area (Å²) in [6.07, 6.45) is 4.04. The molecule has 0 heterocycles. The Kier molecular flexibility index (Phi) is 7.10. The van der Waals surface area contributed by atoms with Gasteiger partial charge >= 0.3 is 0 Å². The molecule has 0 saturated carbocycles. The van der Waals surface area contributed by atoms with E-state index in [0.29, 0.717) is 12.1 Å². The highest BCUT2D eigenvalue weighted by atomic mass is 31.0. The molecule has 114 valence electrons. The zero-order valence-electron chi connectivity index (χ0n) is 12.6. The Morgan fingerprint density at radius 1 is 1.00 bits per heavy atom. The third kappa shape index (κ3) is 5.60. The van der Waals surface area contributed by atoms with Crippen LogP contribution in [0.3, 0.4) is 0 Å². The fraction of sp³-hybridized carbons (Fsp3) is 0.263. The van der Waals surface area contributed by atoms with Gasteiger partial charge in [0.05, 0.1) is 5.56 Å². The van der Waals surface area contributed by atoms with E-state index in [2.05, 4.69) is 50.6 Å². The number of halogens is 1. The van der Waals surface area contributed by atoms with Crippen molar-refractivity contribution in [2.24, 2.45) is 0 Å². The lowest BCUT2D eigenvalue weighted by Gasteiger charge is -2.01. The molecule has 0 amide bonds. The van der Waals surface area contributed by atoms with Crippen LogP contribution < -0.4 is 5.09 Å². The first-order valence-electron chi connectivity index (χ1n) is 7.54. The van der Waals surface area contributed by atoms with Crippen molar-refractivity contribution in [1.82, 2.24) is 5.09 Å². The van der Waals surface area contributed by atoms with E-state index >= 15 is 0 Å². The quantitative estimate of drug-likeness (QED) is 0.471. The predicted octanol–water partition coefficient (Wildman–Crippen LogP) is 4.47. The van der Waals surface area contributed by atoms with Crippen LogP contribution in [0.4, 0.5) is 4.39 Å². The van der Waals surface area contributed by atoms with E-state index in [-0.39, 0.29) is 5.82 Å². The molecule has 0 radical (unpaired) electrons. The standard InChI is InChI=1S/C19H21FNP/c20-19-14-17(15-21-22)12-13-18(19)11-7-2-1-4-8-16-9-5-3-6-10-16/h3,5-6,9-10,12-14,21H,1-2,4,8,15,22H2. The van der Waals surface area contributed by atoms with Crippen LogP contribution in [0, 0.1) is 17.7 Å². The van der Waals surface area contributed by atoms with Crippen molar-refractivity contribution in [3.8, 4) is 11.8 Å². The Morgan fingerprint density at radius 3 is 2.55 bits per heavy atom. The molecule has 2 aromatic rings. The Bertz CT molecular complexity index is 643. The van der Waals surface area contributed by atoms with Crippen molar-refractivity contribution < 1.29 is 4.39 Å². The first kappa shape index (κ1) is 16.7. The van der Waals surface area contributed by atoms with E-state index < -0.39 is 0 Å². The van der Waals surface area contributed by atoms with Crippen molar-refractivity contribution in [1.29, 1.82) is 0 Å². The zero-order valence-corrected chi connectivity index (χ0v) is 13.8. The molecule has 0 fully saturated rings. The van der Waals surface area contributed by atoms with Crippen LogP contribution in [0.25, 0.3) is 0 Å². The van der Waals surface area contributed by atoms with Crippen LogP contribution in [0.5, 0.6) is 0 Å². The van der Waals surface area contributed by atoms with Crippen LogP contribution in [0.1, 0.15) is 36.0 Å². The van der Waals surface area contributed by atoms with Gasteiger partial charge in [0, 0.05) is 13.0 Å². The lowest BCUT2D eigenvalue weighted by molar-refractivity contribution is 0.621. The monoisotopic (exact) mass is 313 g/mol. The molecule has 22 heavy (non-hydrogen) atoms. The molecular formula is C19H21FNP. The summed E-state index contributed by atoms with van der Waals surface area (Å²) in [4.78, 5) is 0. The van der Waals surface area contributed by atoms with Gasteiger partial charge in [0.1, 0.15) is 5.82 Å². The zero-order chi connectivity index (χ0) is 15.6. The normalized spacial score (nSPS) is 10.1. The van der Waals surface area contributed by atoms with Crippen LogP contribution >= 0.6 is 9.39 Å². The van der Waals surface area contributed by atoms with Gasteiger partial charge in [-0.25, -0.2) is 4.39 Å². The number of hydrogen-bond acceptors (Lipinski definition) is 1. The molecule has 0 saturated heterocycles.